The van der Waals surface area contributed by atoms with Gasteiger partial charge in [-0.15, -0.1) is 0 Å². The van der Waals surface area contributed by atoms with Crippen LogP contribution >= 0.6 is 0 Å². The number of nitriles is 1. The van der Waals surface area contributed by atoms with Crippen molar-refractivity contribution in [3.05, 3.63) is 59.7 Å². The molecule has 5 heteroatoms. The van der Waals surface area contributed by atoms with Gasteiger partial charge in [-0.1, -0.05) is 12.1 Å². The first-order valence-corrected chi connectivity index (χ1v) is 6.87. The summed E-state index contributed by atoms with van der Waals surface area (Å²) in [6.45, 7) is 0. The van der Waals surface area contributed by atoms with E-state index in [1.165, 1.54) is 6.08 Å². The standard InChI is InChI=1S/C18H16N2O3/c1-22-16-8-6-13(11-17(16)23-2)7-9-18(21)20-15-5-3-4-14(10-15)12-19/h3-11H,1-2H3,(H,20,21)/b9-7+. The summed E-state index contributed by atoms with van der Waals surface area (Å²) in [5, 5.41) is 11.5. The van der Waals surface area contributed by atoms with Crippen LogP contribution in [0.4, 0.5) is 5.69 Å². The van der Waals surface area contributed by atoms with E-state index in [-0.39, 0.29) is 5.91 Å². The van der Waals surface area contributed by atoms with Crippen molar-refractivity contribution in [2.24, 2.45) is 0 Å². The Labute approximate surface area is 134 Å². The number of amides is 1. The zero-order valence-electron chi connectivity index (χ0n) is 12.9. The maximum Gasteiger partial charge on any atom is 0.248 e. The van der Waals surface area contributed by atoms with Crippen LogP contribution in [0, 0.1) is 11.3 Å². The summed E-state index contributed by atoms with van der Waals surface area (Å²) in [4.78, 5) is 11.9. The van der Waals surface area contributed by atoms with Crippen LogP contribution in [-0.4, -0.2) is 20.1 Å². The van der Waals surface area contributed by atoms with Gasteiger partial charge >= 0.3 is 0 Å². The summed E-state index contributed by atoms with van der Waals surface area (Å²) in [5.74, 6) is 0.939. The number of nitrogens with one attached hydrogen (secondary N) is 1. The van der Waals surface area contributed by atoms with Crippen LogP contribution in [-0.2, 0) is 4.79 Å². The fourth-order valence-corrected chi connectivity index (χ4v) is 1.98. The Balaban J connectivity index is 2.07. The maximum atomic E-state index is 11.9. The molecule has 116 valence electrons. The van der Waals surface area contributed by atoms with Crippen molar-refractivity contribution in [1.82, 2.24) is 0 Å². The van der Waals surface area contributed by atoms with E-state index in [0.29, 0.717) is 22.7 Å². The first-order chi connectivity index (χ1) is 11.2. The van der Waals surface area contributed by atoms with Gasteiger partial charge in [0, 0.05) is 11.8 Å². The van der Waals surface area contributed by atoms with E-state index >= 15 is 0 Å². The third kappa shape index (κ3) is 4.35. The van der Waals surface area contributed by atoms with Crippen molar-refractivity contribution in [1.29, 1.82) is 5.26 Å². The lowest BCUT2D eigenvalue weighted by Crippen LogP contribution is -2.07. The van der Waals surface area contributed by atoms with Crippen LogP contribution in [0.15, 0.2) is 48.5 Å². The first-order valence-electron chi connectivity index (χ1n) is 6.87. The number of carbonyl (C=O) groups is 1. The van der Waals surface area contributed by atoms with Gasteiger partial charge in [-0.25, -0.2) is 0 Å². The Morgan fingerprint density at radius 3 is 2.61 bits per heavy atom. The highest BCUT2D eigenvalue weighted by molar-refractivity contribution is 6.02. The zero-order valence-corrected chi connectivity index (χ0v) is 12.9. The second kappa shape index (κ2) is 7.66. The summed E-state index contributed by atoms with van der Waals surface area (Å²) < 4.78 is 10.4. The SMILES string of the molecule is COc1ccc(/C=C/C(=O)Nc2cccc(C#N)c2)cc1OC. The molecule has 0 saturated carbocycles. The molecular weight excluding hydrogens is 292 g/mol. The predicted molar refractivity (Wildman–Crippen MR) is 88.4 cm³/mol. The largest absolute Gasteiger partial charge is 0.493 e. The van der Waals surface area contributed by atoms with Gasteiger partial charge in [0.2, 0.25) is 5.91 Å². The Kier molecular flexibility index (Phi) is 5.37. The monoisotopic (exact) mass is 308 g/mol. The molecule has 23 heavy (non-hydrogen) atoms. The number of nitrogens with zero attached hydrogens (tertiary/aromatic N) is 1. The molecular formula is C18H16N2O3. The molecule has 0 aliphatic carbocycles. The van der Waals surface area contributed by atoms with E-state index in [1.54, 1.807) is 56.7 Å². The van der Waals surface area contributed by atoms with Crippen molar-refractivity contribution in [2.45, 2.75) is 0 Å². The number of hydrogen-bond donors (Lipinski definition) is 1. The van der Waals surface area contributed by atoms with Crippen LogP contribution < -0.4 is 14.8 Å². The molecule has 0 saturated heterocycles. The lowest BCUT2D eigenvalue weighted by atomic mass is 10.2. The van der Waals surface area contributed by atoms with Crippen molar-refractivity contribution in [3.8, 4) is 17.6 Å². The number of anilines is 1. The normalized spacial score (nSPS) is 10.1. The second-order valence-corrected chi connectivity index (χ2v) is 4.63. The molecule has 1 N–H and O–H groups in total. The molecule has 0 spiro atoms. The Morgan fingerprint density at radius 2 is 1.91 bits per heavy atom. The average molecular weight is 308 g/mol. The van der Waals surface area contributed by atoms with Crippen LogP contribution in [0.5, 0.6) is 11.5 Å². The van der Waals surface area contributed by atoms with Gasteiger partial charge < -0.3 is 14.8 Å². The molecule has 0 aliphatic rings. The van der Waals surface area contributed by atoms with E-state index in [1.807, 2.05) is 12.1 Å². The number of ether oxygens (including phenoxy) is 2. The number of carbonyl (C=O) groups excluding carboxylic acids is 1. The van der Waals surface area contributed by atoms with Crippen molar-refractivity contribution >= 4 is 17.7 Å². The molecule has 0 bridgehead atoms. The van der Waals surface area contributed by atoms with Gasteiger partial charge in [-0.2, -0.15) is 5.26 Å². The van der Waals surface area contributed by atoms with Crippen molar-refractivity contribution in [2.75, 3.05) is 19.5 Å². The quantitative estimate of drug-likeness (QED) is 0.861. The fraction of sp³-hybridized carbons (Fsp3) is 0.111. The smallest absolute Gasteiger partial charge is 0.248 e. The average Bonchev–Trinajstić information content (AvgIpc) is 2.59. The van der Waals surface area contributed by atoms with E-state index in [0.717, 1.165) is 5.56 Å². The van der Waals surface area contributed by atoms with E-state index < -0.39 is 0 Å². The topological polar surface area (TPSA) is 71.3 Å². The molecule has 0 aliphatic heterocycles. The summed E-state index contributed by atoms with van der Waals surface area (Å²) in [6.07, 6.45) is 3.09. The van der Waals surface area contributed by atoms with Crippen molar-refractivity contribution in [3.63, 3.8) is 0 Å². The van der Waals surface area contributed by atoms with Crippen LogP contribution in [0.25, 0.3) is 6.08 Å². The summed E-state index contributed by atoms with van der Waals surface area (Å²) in [5.41, 5.74) is 1.88. The molecule has 2 aromatic rings. The first kappa shape index (κ1) is 16.1. The fourth-order valence-electron chi connectivity index (χ4n) is 1.98. The minimum Gasteiger partial charge on any atom is -0.493 e. The molecule has 0 aromatic heterocycles. The van der Waals surface area contributed by atoms with Crippen LogP contribution in [0.1, 0.15) is 11.1 Å². The number of rotatable bonds is 5. The molecule has 1 amide bonds. The van der Waals surface area contributed by atoms with Gasteiger partial charge in [-0.05, 0) is 42.0 Å². The molecule has 5 nitrogen and oxygen atoms in total. The minimum atomic E-state index is -0.283. The summed E-state index contributed by atoms with van der Waals surface area (Å²) >= 11 is 0. The van der Waals surface area contributed by atoms with Gasteiger partial charge in [0.05, 0.1) is 25.9 Å². The predicted octanol–water partition coefficient (Wildman–Crippen LogP) is 3.23. The highest BCUT2D eigenvalue weighted by atomic mass is 16.5. The van der Waals surface area contributed by atoms with Gasteiger partial charge in [0.15, 0.2) is 11.5 Å². The minimum absolute atomic E-state index is 0.283. The third-order valence-corrected chi connectivity index (χ3v) is 3.09. The molecule has 0 unspecified atom stereocenters. The Bertz CT molecular complexity index is 776. The highest BCUT2D eigenvalue weighted by Crippen LogP contribution is 2.27. The van der Waals surface area contributed by atoms with Gasteiger partial charge in [0.25, 0.3) is 0 Å². The van der Waals surface area contributed by atoms with Crippen LogP contribution in [0.2, 0.25) is 0 Å². The summed E-state index contributed by atoms with van der Waals surface area (Å²) in [7, 11) is 3.12. The molecule has 0 fully saturated rings. The zero-order chi connectivity index (χ0) is 16.7. The van der Waals surface area contributed by atoms with Crippen LogP contribution in [0.3, 0.4) is 0 Å². The van der Waals surface area contributed by atoms with Gasteiger partial charge in [0.1, 0.15) is 0 Å². The van der Waals surface area contributed by atoms with Gasteiger partial charge in [-0.3, -0.25) is 4.79 Å². The lowest BCUT2D eigenvalue weighted by molar-refractivity contribution is -0.111. The highest BCUT2D eigenvalue weighted by Gasteiger charge is 2.03. The Hall–Kier alpha value is -3.26. The third-order valence-electron chi connectivity index (χ3n) is 3.09. The lowest BCUT2D eigenvalue weighted by Gasteiger charge is -2.07. The van der Waals surface area contributed by atoms with Crippen molar-refractivity contribution < 1.29 is 14.3 Å². The van der Waals surface area contributed by atoms with E-state index in [2.05, 4.69) is 5.32 Å². The number of methoxy groups -OCH3 is 2. The number of benzene rings is 2. The van der Waals surface area contributed by atoms with E-state index in [9.17, 15) is 4.79 Å². The molecule has 0 atom stereocenters. The molecule has 2 rings (SSSR count). The summed E-state index contributed by atoms with van der Waals surface area (Å²) in [6, 6.07) is 14.1. The maximum absolute atomic E-state index is 11.9. The Morgan fingerprint density at radius 1 is 1.13 bits per heavy atom. The van der Waals surface area contributed by atoms with E-state index in [4.69, 9.17) is 14.7 Å². The number of hydrogen-bond acceptors (Lipinski definition) is 4. The molecule has 0 heterocycles. The second-order valence-electron chi connectivity index (χ2n) is 4.63. The molecule has 2 aromatic carbocycles. The molecule has 0 radical (unpaired) electrons.